The number of hydrogen-bond acceptors (Lipinski definition) is 4. The molecule has 25 heavy (non-hydrogen) atoms. The number of aromatic nitrogens is 1. The summed E-state index contributed by atoms with van der Waals surface area (Å²) in [6, 6.07) is 20.0. The van der Waals surface area contributed by atoms with Crippen molar-refractivity contribution in [3.63, 3.8) is 0 Å². The molecule has 1 amide bonds. The van der Waals surface area contributed by atoms with E-state index in [0.717, 1.165) is 22.8 Å². The minimum atomic E-state index is -0.403. The fraction of sp³-hybridized carbons (Fsp3) is 0.100. The lowest BCUT2D eigenvalue weighted by molar-refractivity contribution is 0.100. The zero-order valence-electron chi connectivity index (χ0n) is 13.5. The van der Waals surface area contributed by atoms with Crippen molar-refractivity contribution in [1.29, 1.82) is 0 Å². The van der Waals surface area contributed by atoms with Gasteiger partial charge in [0.05, 0.1) is 0 Å². The molecule has 0 spiro atoms. The van der Waals surface area contributed by atoms with Crippen LogP contribution >= 0.6 is 11.8 Å². The maximum Gasteiger partial charge on any atom is 0.248 e. The Labute approximate surface area is 150 Å². The average molecular weight is 347 g/mol. The van der Waals surface area contributed by atoms with Crippen LogP contribution in [-0.4, -0.2) is 17.4 Å². The summed E-state index contributed by atoms with van der Waals surface area (Å²) in [6.45, 7) is 0.803. The van der Waals surface area contributed by atoms with Crippen LogP contribution in [0, 0.1) is 0 Å². The van der Waals surface area contributed by atoms with E-state index < -0.39 is 5.91 Å². The second-order valence-corrected chi connectivity index (χ2v) is 7.09. The molecule has 0 saturated carbocycles. The van der Waals surface area contributed by atoms with Gasteiger partial charge in [0.2, 0.25) is 5.91 Å². The Hall–Kier alpha value is -2.79. The molecule has 1 atom stereocenters. The van der Waals surface area contributed by atoms with Gasteiger partial charge in [-0.15, -0.1) is 0 Å². The normalized spacial score (nSPS) is 15.4. The number of hydrogen-bond donors (Lipinski definition) is 2. The van der Waals surface area contributed by atoms with E-state index in [2.05, 4.69) is 28.5 Å². The maximum absolute atomic E-state index is 11.2. The summed E-state index contributed by atoms with van der Waals surface area (Å²) in [5, 5.41) is 3.37. The van der Waals surface area contributed by atoms with E-state index in [9.17, 15) is 4.79 Å². The molecule has 124 valence electrons. The molecule has 1 aliphatic rings. The van der Waals surface area contributed by atoms with E-state index in [1.165, 1.54) is 10.5 Å². The van der Waals surface area contributed by atoms with Crippen molar-refractivity contribution in [2.24, 2.45) is 5.73 Å². The number of carbonyl (C=O) groups is 1. The molecule has 5 heteroatoms. The van der Waals surface area contributed by atoms with Gasteiger partial charge in [0.1, 0.15) is 5.82 Å². The van der Waals surface area contributed by atoms with Crippen LogP contribution in [0.1, 0.15) is 27.4 Å². The predicted octanol–water partition coefficient (Wildman–Crippen LogP) is 3.89. The lowest BCUT2D eigenvalue weighted by atomic mass is 9.93. The number of pyridine rings is 1. The van der Waals surface area contributed by atoms with Crippen LogP contribution in [0.2, 0.25) is 0 Å². The first kappa shape index (κ1) is 15.7. The van der Waals surface area contributed by atoms with Crippen LogP contribution in [0.15, 0.2) is 76.7 Å². The van der Waals surface area contributed by atoms with Crippen LogP contribution < -0.4 is 11.1 Å². The van der Waals surface area contributed by atoms with Gasteiger partial charge in [-0.3, -0.25) is 4.79 Å². The number of nitrogens with zero attached hydrogens (tertiary/aromatic N) is 1. The number of primary amides is 1. The standard InChI is InChI=1S/C20H17N3OS/c21-19(24)14-8-6-13(7-9-14)18-12-23-20-17(18)10-16(11-22-20)25-15-4-2-1-3-5-15/h1-11,18H,12H2,(H2,21,24)(H,22,23). The summed E-state index contributed by atoms with van der Waals surface area (Å²) in [6.07, 6.45) is 1.90. The van der Waals surface area contributed by atoms with Crippen molar-refractivity contribution >= 4 is 23.5 Å². The molecule has 3 N–H and O–H groups in total. The van der Waals surface area contributed by atoms with Crippen molar-refractivity contribution in [3.8, 4) is 0 Å². The van der Waals surface area contributed by atoms with Gasteiger partial charge < -0.3 is 11.1 Å². The van der Waals surface area contributed by atoms with E-state index in [0.29, 0.717) is 5.56 Å². The Morgan fingerprint density at radius 2 is 1.84 bits per heavy atom. The molecule has 2 aromatic carbocycles. The first-order valence-corrected chi connectivity index (χ1v) is 8.89. The molecule has 1 aromatic heterocycles. The van der Waals surface area contributed by atoms with Gasteiger partial charge in [0.15, 0.2) is 0 Å². The fourth-order valence-electron chi connectivity index (χ4n) is 3.04. The zero-order valence-corrected chi connectivity index (χ0v) is 14.3. The number of nitrogens with one attached hydrogen (secondary N) is 1. The Kier molecular flexibility index (Phi) is 4.15. The number of rotatable bonds is 4. The van der Waals surface area contributed by atoms with Gasteiger partial charge in [0, 0.05) is 39.6 Å². The molecule has 4 rings (SSSR count). The highest BCUT2D eigenvalue weighted by molar-refractivity contribution is 7.99. The summed E-state index contributed by atoms with van der Waals surface area (Å²) in [5.74, 6) is 0.752. The molecular weight excluding hydrogens is 330 g/mol. The highest BCUT2D eigenvalue weighted by Gasteiger charge is 2.25. The van der Waals surface area contributed by atoms with Gasteiger partial charge >= 0.3 is 0 Å². The molecule has 1 aliphatic heterocycles. The van der Waals surface area contributed by atoms with Crippen LogP contribution in [-0.2, 0) is 0 Å². The van der Waals surface area contributed by atoms with Crippen LogP contribution in [0.25, 0.3) is 0 Å². The third-order valence-corrected chi connectivity index (χ3v) is 5.28. The second-order valence-electron chi connectivity index (χ2n) is 5.94. The van der Waals surface area contributed by atoms with Gasteiger partial charge in [-0.1, -0.05) is 42.1 Å². The lowest BCUT2D eigenvalue weighted by Crippen LogP contribution is -2.11. The summed E-state index contributed by atoms with van der Waals surface area (Å²) in [4.78, 5) is 18.1. The van der Waals surface area contributed by atoms with Crippen LogP contribution in [0.4, 0.5) is 5.82 Å². The average Bonchev–Trinajstić information content (AvgIpc) is 3.06. The SMILES string of the molecule is NC(=O)c1ccc(C2CNc3ncc(Sc4ccccc4)cc32)cc1. The van der Waals surface area contributed by atoms with E-state index in [1.807, 2.05) is 36.5 Å². The first-order chi connectivity index (χ1) is 12.2. The topological polar surface area (TPSA) is 68.0 Å². The molecule has 2 heterocycles. The quantitative estimate of drug-likeness (QED) is 0.751. The molecule has 0 aliphatic carbocycles. The summed E-state index contributed by atoms with van der Waals surface area (Å²) in [5.41, 5.74) is 8.19. The van der Waals surface area contributed by atoms with E-state index >= 15 is 0 Å². The van der Waals surface area contributed by atoms with Crippen molar-refractivity contribution < 1.29 is 4.79 Å². The number of fused-ring (bicyclic) bond motifs is 1. The van der Waals surface area contributed by atoms with Crippen LogP contribution in [0.3, 0.4) is 0 Å². The molecule has 0 radical (unpaired) electrons. The molecular formula is C20H17N3OS. The van der Waals surface area contributed by atoms with Gasteiger partial charge in [-0.05, 0) is 35.9 Å². The first-order valence-electron chi connectivity index (χ1n) is 8.07. The lowest BCUT2D eigenvalue weighted by Gasteiger charge is -2.12. The second kappa shape index (κ2) is 6.61. The maximum atomic E-state index is 11.2. The fourth-order valence-corrected chi connectivity index (χ4v) is 3.90. The van der Waals surface area contributed by atoms with Gasteiger partial charge in [-0.25, -0.2) is 4.98 Å². The van der Waals surface area contributed by atoms with E-state index in [4.69, 9.17) is 5.73 Å². The molecule has 3 aromatic rings. The largest absolute Gasteiger partial charge is 0.369 e. The van der Waals surface area contributed by atoms with E-state index in [-0.39, 0.29) is 5.92 Å². The molecule has 1 unspecified atom stereocenters. The zero-order chi connectivity index (χ0) is 17.2. The minimum absolute atomic E-state index is 0.223. The highest BCUT2D eigenvalue weighted by atomic mass is 32.2. The number of carbonyl (C=O) groups excluding carboxylic acids is 1. The number of nitrogens with two attached hydrogens (primary N) is 1. The van der Waals surface area contributed by atoms with Crippen molar-refractivity contribution in [2.75, 3.05) is 11.9 Å². The molecule has 4 nitrogen and oxygen atoms in total. The van der Waals surface area contributed by atoms with Crippen molar-refractivity contribution in [2.45, 2.75) is 15.7 Å². The number of anilines is 1. The Morgan fingerprint density at radius 3 is 2.56 bits per heavy atom. The van der Waals surface area contributed by atoms with Gasteiger partial charge in [0.25, 0.3) is 0 Å². The number of benzene rings is 2. The van der Waals surface area contributed by atoms with Gasteiger partial charge in [-0.2, -0.15) is 0 Å². The monoisotopic (exact) mass is 347 g/mol. The Balaban J connectivity index is 1.62. The summed E-state index contributed by atoms with van der Waals surface area (Å²) in [7, 11) is 0. The van der Waals surface area contributed by atoms with Crippen molar-refractivity contribution in [3.05, 3.63) is 83.6 Å². The third-order valence-electron chi connectivity index (χ3n) is 4.32. The summed E-state index contributed by atoms with van der Waals surface area (Å²) < 4.78 is 0. The highest BCUT2D eigenvalue weighted by Crippen LogP contribution is 2.38. The third kappa shape index (κ3) is 3.23. The Bertz CT molecular complexity index is 910. The minimum Gasteiger partial charge on any atom is -0.369 e. The predicted molar refractivity (Wildman–Crippen MR) is 100 cm³/mol. The summed E-state index contributed by atoms with van der Waals surface area (Å²) >= 11 is 1.71. The van der Waals surface area contributed by atoms with Crippen LogP contribution in [0.5, 0.6) is 0 Å². The Morgan fingerprint density at radius 1 is 1.08 bits per heavy atom. The molecule has 0 bridgehead atoms. The molecule has 0 fully saturated rings. The smallest absolute Gasteiger partial charge is 0.248 e. The van der Waals surface area contributed by atoms with E-state index in [1.54, 1.807) is 23.9 Å². The molecule has 0 saturated heterocycles. The number of amides is 1. The van der Waals surface area contributed by atoms with Crippen molar-refractivity contribution in [1.82, 2.24) is 4.98 Å².